The molecule has 2 fully saturated rings. The molecule has 1 saturated carbocycles. The number of benzene rings is 2. The van der Waals surface area contributed by atoms with Crippen molar-refractivity contribution in [1.82, 2.24) is 40.3 Å². The van der Waals surface area contributed by atoms with Crippen molar-refractivity contribution in [2.75, 3.05) is 39.1 Å². The highest BCUT2D eigenvalue weighted by atomic mass is 16.5. The van der Waals surface area contributed by atoms with Gasteiger partial charge in [0.2, 0.25) is 17.8 Å². The average molecular weight is 834 g/mol. The van der Waals surface area contributed by atoms with E-state index in [-0.39, 0.29) is 54.0 Å². The lowest BCUT2D eigenvalue weighted by molar-refractivity contribution is -0.136. The summed E-state index contributed by atoms with van der Waals surface area (Å²) in [6, 6.07) is 10.8. The second-order valence-electron chi connectivity index (χ2n) is 15.9. The van der Waals surface area contributed by atoms with Crippen molar-refractivity contribution in [3.05, 3.63) is 77.1 Å². The third-order valence-corrected chi connectivity index (χ3v) is 11.3. The molecule has 1 aliphatic carbocycles. The Morgan fingerprint density at radius 2 is 1.57 bits per heavy atom. The Morgan fingerprint density at radius 3 is 2.28 bits per heavy atom. The summed E-state index contributed by atoms with van der Waals surface area (Å²) in [6.45, 7) is 0.659. The fourth-order valence-electron chi connectivity index (χ4n) is 8.08. The average Bonchev–Trinajstić information content (AvgIpc) is 3.98. The van der Waals surface area contributed by atoms with E-state index in [1.807, 2.05) is 18.3 Å². The molecular weight excluding hydrogens is 783 g/mol. The number of carbonyl (C=O) groups excluding carboxylic acids is 7. The molecule has 0 bridgehead atoms. The largest absolute Gasteiger partial charge is 0.483 e. The normalized spacial score (nSPS) is 16.4. The number of ether oxygens (including phenoxy) is 1. The first kappa shape index (κ1) is 42.5. The summed E-state index contributed by atoms with van der Waals surface area (Å²) < 4.78 is 7.77. The van der Waals surface area contributed by atoms with Gasteiger partial charge in [0, 0.05) is 63.3 Å². The third-order valence-electron chi connectivity index (χ3n) is 11.3. The predicted octanol–water partition coefficient (Wildman–Crippen LogP) is 4.66. The summed E-state index contributed by atoms with van der Waals surface area (Å²) in [5.74, 6) is -2.62. The number of fused-ring (bicyclic) bond motifs is 2. The van der Waals surface area contributed by atoms with Crippen LogP contribution in [0.25, 0.3) is 11.0 Å². The first-order valence-corrected chi connectivity index (χ1v) is 21.0. The first-order chi connectivity index (χ1) is 29.5. The molecule has 0 radical (unpaired) electrons. The summed E-state index contributed by atoms with van der Waals surface area (Å²) in [6.07, 6.45) is 13.5. The Bertz CT molecular complexity index is 2330. The van der Waals surface area contributed by atoms with Gasteiger partial charge in [-0.2, -0.15) is 4.98 Å². The maximum absolute atomic E-state index is 13.2. The van der Waals surface area contributed by atoms with E-state index < -0.39 is 29.7 Å². The second kappa shape index (κ2) is 19.2. The summed E-state index contributed by atoms with van der Waals surface area (Å²) in [5, 5.41) is 11.9. The van der Waals surface area contributed by atoms with Crippen molar-refractivity contribution in [2.45, 2.75) is 89.1 Å². The van der Waals surface area contributed by atoms with Gasteiger partial charge in [0.1, 0.15) is 17.4 Å². The number of anilines is 2. The van der Waals surface area contributed by atoms with Gasteiger partial charge in [0.05, 0.1) is 22.1 Å². The SMILES string of the molecule is CN(C)C(=O)c1cn(C2CCCC2)c2nc(Nc3ccc(C(=O)NCCCCCCCCNC(=O)COc4cccc5c4C(=O)N(C4CCC(=O)NC4=O)C5=O)cc3)ncc12. The van der Waals surface area contributed by atoms with Gasteiger partial charge in [-0.1, -0.05) is 44.6 Å². The van der Waals surface area contributed by atoms with E-state index in [2.05, 4.69) is 30.8 Å². The minimum Gasteiger partial charge on any atom is -0.483 e. The summed E-state index contributed by atoms with van der Waals surface area (Å²) in [4.78, 5) is 100. The standard InChI is InChI=1S/C44H51N9O8/c1-51(2)41(58)32-25-52(29-12-7-8-13-29)38-31(32)24-47-44(50-38)48-28-18-16-27(17-19-28)39(56)46-23-10-6-4-3-5-9-22-45-36(55)26-61-34-15-11-14-30-37(34)43(60)53(42(30)59)33-20-21-35(54)49-40(33)57/h11,14-19,24-25,29,33H,3-10,12-13,20-23,26H2,1-2H3,(H,45,55)(H,46,56)(H,47,48,50)(H,49,54,57). The van der Waals surface area contributed by atoms with Crippen molar-refractivity contribution < 1.29 is 38.3 Å². The zero-order chi connectivity index (χ0) is 43.0. The van der Waals surface area contributed by atoms with Gasteiger partial charge in [-0.25, -0.2) is 4.98 Å². The maximum Gasteiger partial charge on any atom is 0.266 e. The maximum atomic E-state index is 13.2. The fourth-order valence-corrected chi connectivity index (χ4v) is 8.08. The van der Waals surface area contributed by atoms with E-state index in [9.17, 15) is 33.6 Å². The molecule has 17 heteroatoms. The van der Waals surface area contributed by atoms with Crippen LogP contribution in [0.3, 0.4) is 0 Å². The molecule has 320 valence electrons. The Labute approximate surface area is 353 Å². The second-order valence-corrected chi connectivity index (χ2v) is 15.9. The van der Waals surface area contributed by atoms with Crippen molar-refractivity contribution >= 4 is 64.0 Å². The smallest absolute Gasteiger partial charge is 0.266 e. The minimum absolute atomic E-state index is 0.00543. The number of imide groups is 2. The molecule has 3 aliphatic rings. The zero-order valence-corrected chi connectivity index (χ0v) is 34.5. The Morgan fingerprint density at radius 1 is 0.869 bits per heavy atom. The molecule has 1 saturated heterocycles. The Hall–Kier alpha value is -6.65. The fraction of sp³-hybridized carbons (Fsp3) is 0.432. The van der Waals surface area contributed by atoms with E-state index in [0.29, 0.717) is 36.2 Å². The minimum atomic E-state index is -1.09. The van der Waals surface area contributed by atoms with E-state index in [1.165, 1.54) is 12.1 Å². The molecule has 4 heterocycles. The lowest BCUT2D eigenvalue weighted by atomic mass is 10.0. The molecule has 61 heavy (non-hydrogen) atoms. The van der Waals surface area contributed by atoms with Crippen LogP contribution in [0.2, 0.25) is 0 Å². The highest BCUT2D eigenvalue weighted by Crippen LogP contribution is 2.35. The summed E-state index contributed by atoms with van der Waals surface area (Å²) in [5.41, 5.74) is 2.68. The van der Waals surface area contributed by atoms with Crippen LogP contribution in [0.4, 0.5) is 11.6 Å². The molecule has 7 rings (SSSR count). The van der Waals surface area contributed by atoms with Crippen molar-refractivity contribution in [3.8, 4) is 5.75 Å². The molecule has 1 unspecified atom stereocenters. The molecule has 2 aromatic carbocycles. The number of nitrogens with zero attached hydrogens (tertiary/aromatic N) is 5. The number of aromatic nitrogens is 3. The van der Waals surface area contributed by atoms with Gasteiger partial charge in [-0.3, -0.25) is 43.8 Å². The number of hydrogen-bond acceptors (Lipinski definition) is 11. The van der Waals surface area contributed by atoms with Crippen LogP contribution < -0.4 is 26.0 Å². The van der Waals surface area contributed by atoms with Gasteiger partial charge < -0.3 is 30.2 Å². The summed E-state index contributed by atoms with van der Waals surface area (Å²) >= 11 is 0. The van der Waals surface area contributed by atoms with E-state index in [0.717, 1.165) is 85.8 Å². The van der Waals surface area contributed by atoms with Crippen molar-refractivity contribution in [3.63, 3.8) is 0 Å². The monoisotopic (exact) mass is 833 g/mol. The van der Waals surface area contributed by atoms with Crippen LogP contribution in [0.15, 0.2) is 54.9 Å². The van der Waals surface area contributed by atoms with Gasteiger partial charge in [0.25, 0.3) is 29.5 Å². The highest BCUT2D eigenvalue weighted by molar-refractivity contribution is 6.24. The molecule has 2 aromatic heterocycles. The van der Waals surface area contributed by atoms with Crippen LogP contribution in [-0.2, 0) is 14.4 Å². The molecule has 4 N–H and O–H groups in total. The molecule has 1 atom stereocenters. The van der Waals surface area contributed by atoms with E-state index >= 15 is 0 Å². The highest BCUT2D eigenvalue weighted by Gasteiger charge is 2.46. The van der Waals surface area contributed by atoms with Crippen LogP contribution in [-0.4, -0.2) is 106 Å². The number of piperidine rings is 1. The third kappa shape index (κ3) is 9.71. The predicted molar refractivity (Wildman–Crippen MR) is 224 cm³/mol. The van der Waals surface area contributed by atoms with E-state index in [1.54, 1.807) is 43.4 Å². The lowest BCUT2D eigenvalue weighted by Gasteiger charge is -2.27. The molecule has 17 nitrogen and oxygen atoms in total. The van der Waals surface area contributed by atoms with E-state index in [4.69, 9.17) is 9.72 Å². The van der Waals surface area contributed by atoms with Gasteiger partial charge >= 0.3 is 0 Å². The Kier molecular flexibility index (Phi) is 13.3. The first-order valence-electron chi connectivity index (χ1n) is 21.0. The van der Waals surface area contributed by atoms with Crippen molar-refractivity contribution in [2.24, 2.45) is 0 Å². The van der Waals surface area contributed by atoms with Crippen LogP contribution in [0, 0.1) is 0 Å². The quantitative estimate of drug-likeness (QED) is 0.0800. The topological polar surface area (TPSA) is 214 Å². The number of amides is 7. The number of carbonyl (C=O) groups is 7. The molecule has 2 aliphatic heterocycles. The lowest BCUT2D eigenvalue weighted by Crippen LogP contribution is -2.54. The van der Waals surface area contributed by atoms with Crippen molar-refractivity contribution in [1.29, 1.82) is 0 Å². The molecule has 4 aromatic rings. The van der Waals surface area contributed by atoms with Crippen LogP contribution in [0.5, 0.6) is 5.75 Å². The molecule has 7 amide bonds. The summed E-state index contributed by atoms with van der Waals surface area (Å²) in [7, 11) is 3.48. The van der Waals surface area contributed by atoms with Gasteiger partial charge in [-0.15, -0.1) is 0 Å². The van der Waals surface area contributed by atoms with Crippen LogP contribution in [0.1, 0.15) is 125 Å². The van der Waals surface area contributed by atoms with Crippen LogP contribution >= 0.6 is 0 Å². The Balaban J connectivity index is 0.768. The number of rotatable bonds is 18. The molecular formula is C44H51N9O8. The number of unbranched alkanes of at least 4 members (excludes halogenated alkanes) is 5. The van der Waals surface area contributed by atoms with Gasteiger partial charge in [-0.05, 0) is 68.5 Å². The zero-order valence-electron chi connectivity index (χ0n) is 34.5. The van der Waals surface area contributed by atoms with Gasteiger partial charge in [0.15, 0.2) is 6.61 Å². The number of nitrogens with one attached hydrogen (secondary N) is 4. The molecule has 0 spiro atoms. The number of hydrogen-bond donors (Lipinski definition) is 4.